The average molecular weight is 364 g/mol. The molecule has 0 saturated heterocycles. The Morgan fingerprint density at radius 3 is 2.55 bits per heavy atom. The maximum atomic E-state index is 12.2. The van der Waals surface area contributed by atoms with Gasteiger partial charge in [-0.3, -0.25) is 4.79 Å². The highest BCUT2D eigenvalue weighted by Crippen LogP contribution is 2.31. The molecule has 116 valence electrons. The highest BCUT2D eigenvalue weighted by Gasteiger charge is 2.09. The van der Waals surface area contributed by atoms with Gasteiger partial charge in [0.05, 0.1) is 11.1 Å². The number of ether oxygens (including phenoxy) is 1. The summed E-state index contributed by atoms with van der Waals surface area (Å²) in [5, 5.41) is 12.5. The number of amides is 1. The average Bonchev–Trinajstić information content (AvgIpc) is 2.51. The Morgan fingerprint density at radius 2 is 1.95 bits per heavy atom. The number of benzene rings is 2. The molecule has 0 bridgehead atoms. The minimum atomic E-state index is -0.209. The third kappa shape index (κ3) is 4.01. The van der Waals surface area contributed by atoms with Crippen LogP contribution in [-0.4, -0.2) is 17.6 Å². The highest BCUT2D eigenvalue weighted by molar-refractivity contribution is 9.10. The molecule has 0 aliphatic rings. The Balaban J connectivity index is 2.09. The molecule has 4 nitrogen and oxygen atoms in total. The first kappa shape index (κ1) is 16.4. The van der Waals surface area contributed by atoms with E-state index in [2.05, 4.69) is 21.2 Å². The van der Waals surface area contributed by atoms with Gasteiger partial charge in [0, 0.05) is 11.3 Å². The van der Waals surface area contributed by atoms with E-state index in [4.69, 9.17) is 4.74 Å². The number of aromatic hydroxyl groups is 1. The second-order valence-corrected chi connectivity index (χ2v) is 5.80. The van der Waals surface area contributed by atoms with E-state index >= 15 is 0 Å². The van der Waals surface area contributed by atoms with Crippen LogP contribution < -0.4 is 10.1 Å². The maximum absolute atomic E-state index is 12.2. The molecule has 5 heteroatoms. The maximum Gasteiger partial charge on any atom is 0.255 e. The Labute approximate surface area is 138 Å². The van der Waals surface area contributed by atoms with Crippen LogP contribution in [0.5, 0.6) is 11.5 Å². The Hall–Kier alpha value is -2.01. The first-order valence-electron chi connectivity index (χ1n) is 7.04. The predicted octanol–water partition coefficient (Wildman–Crippen LogP) is 4.50. The Bertz CT molecular complexity index is 645. The second kappa shape index (κ2) is 7.31. The van der Waals surface area contributed by atoms with Crippen LogP contribution in [0.1, 0.15) is 29.3 Å². The fourth-order valence-corrected chi connectivity index (χ4v) is 2.49. The van der Waals surface area contributed by atoms with Gasteiger partial charge in [-0.05, 0) is 71.2 Å². The molecule has 2 rings (SSSR count). The van der Waals surface area contributed by atoms with E-state index in [9.17, 15) is 9.90 Å². The van der Waals surface area contributed by atoms with Crippen molar-refractivity contribution in [3.05, 3.63) is 52.0 Å². The van der Waals surface area contributed by atoms with Crippen molar-refractivity contribution in [3.63, 3.8) is 0 Å². The first-order valence-corrected chi connectivity index (χ1v) is 7.84. The number of phenolic OH excluding ortho intramolecular Hbond substituents is 1. The summed E-state index contributed by atoms with van der Waals surface area (Å²) in [5.41, 5.74) is 1.86. The molecule has 0 heterocycles. The largest absolute Gasteiger partial charge is 0.506 e. The van der Waals surface area contributed by atoms with Gasteiger partial charge >= 0.3 is 0 Å². The normalized spacial score (nSPS) is 10.3. The molecule has 2 aromatic rings. The molecule has 0 radical (unpaired) electrons. The van der Waals surface area contributed by atoms with Crippen LogP contribution in [0.4, 0.5) is 5.69 Å². The number of nitrogens with one attached hydrogen (secondary N) is 1. The zero-order valence-corrected chi connectivity index (χ0v) is 14.1. The topological polar surface area (TPSA) is 58.6 Å². The van der Waals surface area contributed by atoms with Gasteiger partial charge in [-0.25, -0.2) is 0 Å². The minimum Gasteiger partial charge on any atom is -0.506 e. The fraction of sp³-hybridized carbons (Fsp3) is 0.235. The molecule has 0 spiro atoms. The number of carbonyl (C=O) groups is 1. The molecule has 0 fully saturated rings. The zero-order valence-electron chi connectivity index (χ0n) is 12.5. The molecule has 0 atom stereocenters. The summed E-state index contributed by atoms with van der Waals surface area (Å²) in [6.07, 6.45) is 0.942. The van der Waals surface area contributed by atoms with Crippen molar-refractivity contribution in [1.29, 1.82) is 0 Å². The molecular weight excluding hydrogens is 346 g/mol. The lowest BCUT2D eigenvalue weighted by Gasteiger charge is -2.09. The van der Waals surface area contributed by atoms with Gasteiger partial charge in [0.2, 0.25) is 0 Å². The summed E-state index contributed by atoms with van der Waals surface area (Å²) < 4.78 is 6.03. The fourth-order valence-electron chi connectivity index (χ4n) is 1.93. The summed E-state index contributed by atoms with van der Waals surface area (Å²) in [5.74, 6) is 0.719. The van der Waals surface area contributed by atoms with Crippen molar-refractivity contribution in [2.75, 3.05) is 11.9 Å². The van der Waals surface area contributed by atoms with E-state index < -0.39 is 0 Å². The smallest absolute Gasteiger partial charge is 0.255 e. The standard InChI is InChI=1S/C17H18BrNO3/c1-3-8-22-14-6-4-12(5-7-14)17(21)19-13-9-11(2)16(20)15(18)10-13/h4-7,9-10,20H,3,8H2,1-2H3,(H,19,21). The van der Waals surface area contributed by atoms with E-state index in [1.54, 1.807) is 43.3 Å². The number of hydrogen-bond acceptors (Lipinski definition) is 3. The van der Waals surface area contributed by atoms with Gasteiger partial charge in [-0.2, -0.15) is 0 Å². The predicted molar refractivity (Wildman–Crippen MR) is 90.7 cm³/mol. The van der Waals surface area contributed by atoms with Crippen LogP contribution in [0.25, 0.3) is 0 Å². The van der Waals surface area contributed by atoms with Crippen LogP contribution in [0, 0.1) is 6.92 Å². The summed E-state index contributed by atoms with van der Waals surface area (Å²) in [4.78, 5) is 12.2. The molecule has 0 saturated carbocycles. The lowest BCUT2D eigenvalue weighted by atomic mass is 10.1. The van der Waals surface area contributed by atoms with E-state index in [0.717, 1.165) is 12.2 Å². The molecule has 0 aliphatic carbocycles. The van der Waals surface area contributed by atoms with Gasteiger partial charge in [0.1, 0.15) is 11.5 Å². The zero-order chi connectivity index (χ0) is 16.1. The number of halogens is 1. The van der Waals surface area contributed by atoms with Crippen molar-refractivity contribution < 1.29 is 14.6 Å². The van der Waals surface area contributed by atoms with Crippen LogP contribution in [-0.2, 0) is 0 Å². The number of rotatable bonds is 5. The second-order valence-electron chi connectivity index (χ2n) is 4.95. The van der Waals surface area contributed by atoms with Gasteiger partial charge < -0.3 is 15.2 Å². The summed E-state index contributed by atoms with van der Waals surface area (Å²) in [6, 6.07) is 10.4. The molecular formula is C17H18BrNO3. The van der Waals surface area contributed by atoms with Gasteiger partial charge in [0.25, 0.3) is 5.91 Å². The van der Waals surface area contributed by atoms with Crippen molar-refractivity contribution in [2.45, 2.75) is 20.3 Å². The van der Waals surface area contributed by atoms with Crippen molar-refractivity contribution in [2.24, 2.45) is 0 Å². The quantitative estimate of drug-likeness (QED) is 0.768. The van der Waals surface area contributed by atoms with E-state index in [1.807, 2.05) is 6.92 Å². The van der Waals surface area contributed by atoms with Crippen LogP contribution in [0.15, 0.2) is 40.9 Å². The molecule has 0 unspecified atom stereocenters. The Morgan fingerprint density at radius 1 is 1.27 bits per heavy atom. The number of anilines is 1. The van der Waals surface area contributed by atoms with Crippen molar-refractivity contribution in [1.82, 2.24) is 0 Å². The first-order chi connectivity index (χ1) is 10.5. The molecule has 0 aromatic heterocycles. The van der Waals surface area contributed by atoms with Crippen LogP contribution in [0.3, 0.4) is 0 Å². The molecule has 1 amide bonds. The summed E-state index contributed by atoms with van der Waals surface area (Å²) in [7, 11) is 0. The van der Waals surface area contributed by atoms with Crippen LogP contribution in [0.2, 0.25) is 0 Å². The molecule has 2 N–H and O–H groups in total. The molecule has 22 heavy (non-hydrogen) atoms. The van der Waals surface area contributed by atoms with Gasteiger partial charge in [-0.1, -0.05) is 6.92 Å². The highest BCUT2D eigenvalue weighted by atomic mass is 79.9. The van der Waals surface area contributed by atoms with Crippen LogP contribution >= 0.6 is 15.9 Å². The van der Waals surface area contributed by atoms with E-state index in [0.29, 0.717) is 27.9 Å². The summed E-state index contributed by atoms with van der Waals surface area (Å²) in [6.45, 7) is 4.47. The third-order valence-corrected chi connectivity index (χ3v) is 3.71. The minimum absolute atomic E-state index is 0.176. The Kier molecular flexibility index (Phi) is 5.44. The van der Waals surface area contributed by atoms with E-state index in [1.165, 1.54) is 0 Å². The molecule has 0 aliphatic heterocycles. The van der Waals surface area contributed by atoms with Gasteiger partial charge in [-0.15, -0.1) is 0 Å². The third-order valence-electron chi connectivity index (χ3n) is 3.10. The monoisotopic (exact) mass is 363 g/mol. The van der Waals surface area contributed by atoms with E-state index in [-0.39, 0.29) is 11.7 Å². The lowest BCUT2D eigenvalue weighted by Crippen LogP contribution is -2.12. The van der Waals surface area contributed by atoms with Crippen molar-refractivity contribution in [3.8, 4) is 11.5 Å². The lowest BCUT2D eigenvalue weighted by molar-refractivity contribution is 0.102. The molecule has 2 aromatic carbocycles. The number of phenols is 1. The number of aryl methyl sites for hydroxylation is 1. The van der Waals surface area contributed by atoms with Crippen molar-refractivity contribution >= 4 is 27.5 Å². The number of hydrogen-bond donors (Lipinski definition) is 2. The number of carbonyl (C=O) groups excluding carboxylic acids is 1. The summed E-state index contributed by atoms with van der Waals surface area (Å²) >= 11 is 3.26. The SMILES string of the molecule is CCCOc1ccc(C(=O)Nc2cc(C)c(O)c(Br)c2)cc1. The van der Waals surface area contributed by atoms with Gasteiger partial charge in [0.15, 0.2) is 0 Å².